The van der Waals surface area contributed by atoms with Crippen molar-refractivity contribution in [3.8, 4) is 33.5 Å². The Hall–Kier alpha value is -4.17. The molecular formula is C39H39NO. The fraction of sp³-hybridized carbons (Fsp3) is 0.256. The van der Waals surface area contributed by atoms with Crippen molar-refractivity contribution in [3.63, 3.8) is 0 Å². The van der Waals surface area contributed by atoms with E-state index >= 15 is 0 Å². The van der Waals surface area contributed by atoms with Gasteiger partial charge in [0, 0.05) is 28.1 Å². The molecule has 0 fully saturated rings. The van der Waals surface area contributed by atoms with Gasteiger partial charge in [0.15, 0.2) is 0 Å². The van der Waals surface area contributed by atoms with E-state index in [1.54, 1.807) is 0 Å². The highest BCUT2D eigenvalue weighted by Crippen LogP contribution is 2.43. The molecule has 0 aliphatic carbocycles. The van der Waals surface area contributed by atoms with Crippen molar-refractivity contribution in [2.75, 3.05) is 0 Å². The Labute approximate surface area is 244 Å². The van der Waals surface area contributed by atoms with Crippen molar-refractivity contribution >= 4 is 21.9 Å². The van der Waals surface area contributed by atoms with Crippen molar-refractivity contribution in [1.29, 1.82) is 0 Å². The predicted octanol–water partition coefficient (Wildman–Crippen LogP) is 11.5. The van der Waals surface area contributed by atoms with Gasteiger partial charge >= 0.3 is 0 Å². The van der Waals surface area contributed by atoms with Crippen LogP contribution in [0.2, 0.25) is 0 Å². The number of hydrogen-bond donors (Lipinski definition) is 0. The molecule has 0 unspecified atom stereocenters. The second-order valence-electron chi connectivity index (χ2n) is 12.9. The molecule has 6 aromatic rings. The van der Waals surface area contributed by atoms with Crippen molar-refractivity contribution < 1.29 is 4.42 Å². The molecule has 0 spiro atoms. The van der Waals surface area contributed by atoms with Crippen LogP contribution in [0.15, 0.2) is 102 Å². The highest BCUT2D eigenvalue weighted by atomic mass is 16.3. The summed E-state index contributed by atoms with van der Waals surface area (Å²) in [5, 5.41) is 2.27. The van der Waals surface area contributed by atoms with Crippen LogP contribution in [-0.2, 0) is 5.41 Å². The number of furan rings is 1. The number of benzene rings is 4. The molecule has 0 aliphatic heterocycles. The molecule has 0 amide bonds. The monoisotopic (exact) mass is 537 g/mol. The van der Waals surface area contributed by atoms with Crippen molar-refractivity contribution in [1.82, 2.24) is 4.98 Å². The van der Waals surface area contributed by atoms with Crippen LogP contribution in [0.25, 0.3) is 55.4 Å². The Bertz CT molecular complexity index is 1840. The highest BCUT2D eigenvalue weighted by molar-refractivity contribution is 6.13. The Kier molecular flexibility index (Phi) is 6.82. The third-order valence-electron chi connectivity index (χ3n) is 8.25. The highest BCUT2D eigenvalue weighted by Gasteiger charge is 2.23. The van der Waals surface area contributed by atoms with Crippen LogP contribution in [0, 0.1) is 0 Å². The smallest absolute Gasteiger partial charge is 0.144 e. The van der Waals surface area contributed by atoms with E-state index in [2.05, 4.69) is 139 Å². The summed E-state index contributed by atoms with van der Waals surface area (Å²) in [5.74, 6) is 0.839. The largest absolute Gasteiger partial charge is 0.455 e. The summed E-state index contributed by atoms with van der Waals surface area (Å²) in [4.78, 5) is 4.95. The van der Waals surface area contributed by atoms with Gasteiger partial charge in [0.1, 0.15) is 11.2 Å². The third-order valence-corrected chi connectivity index (χ3v) is 8.25. The van der Waals surface area contributed by atoms with Crippen molar-refractivity contribution in [3.05, 3.63) is 114 Å². The number of hydrogen-bond acceptors (Lipinski definition) is 2. The van der Waals surface area contributed by atoms with Gasteiger partial charge < -0.3 is 4.42 Å². The zero-order valence-corrected chi connectivity index (χ0v) is 25.2. The van der Waals surface area contributed by atoms with E-state index in [-0.39, 0.29) is 5.41 Å². The second kappa shape index (κ2) is 10.3. The van der Waals surface area contributed by atoms with E-state index in [9.17, 15) is 0 Å². The van der Waals surface area contributed by atoms with Gasteiger partial charge in [-0.1, -0.05) is 115 Å². The number of pyridine rings is 1. The molecular weight excluding hydrogens is 498 g/mol. The number of para-hydroxylation sites is 1. The van der Waals surface area contributed by atoms with Gasteiger partial charge in [0.2, 0.25) is 0 Å². The molecule has 0 N–H and O–H groups in total. The van der Waals surface area contributed by atoms with E-state index in [1.807, 2.05) is 6.20 Å². The first-order chi connectivity index (χ1) is 19.6. The van der Waals surface area contributed by atoms with Gasteiger partial charge in [-0.05, 0) is 74.9 Å². The fourth-order valence-corrected chi connectivity index (χ4v) is 5.99. The van der Waals surface area contributed by atoms with Crippen molar-refractivity contribution in [2.45, 2.75) is 65.7 Å². The summed E-state index contributed by atoms with van der Waals surface area (Å²) in [6.45, 7) is 15.9. The number of nitrogens with zero attached hydrogens (tertiary/aromatic N) is 1. The molecule has 0 aliphatic rings. The summed E-state index contributed by atoms with van der Waals surface area (Å²) >= 11 is 0. The summed E-state index contributed by atoms with van der Waals surface area (Å²) in [7, 11) is 0. The van der Waals surface area contributed by atoms with Crippen LogP contribution < -0.4 is 0 Å². The average Bonchev–Trinajstić information content (AvgIpc) is 3.35. The summed E-state index contributed by atoms with van der Waals surface area (Å²) in [6.07, 6.45) is 1.96. The molecule has 2 heteroatoms. The minimum Gasteiger partial charge on any atom is -0.455 e. The molecule has 2 heterocycles. The molecule has 41 heavy (non-hydrogen) atoms. The first kappa shape index (κ1) is 27.0. The van der Waals surface area contributed by atoms with Crippen LogP contribution in [0.1, 0.15) is 77.0 Å². The Morgan fingerprint density at radius 2 is 1.27 bits per heavy atom. The number of aromatic nitrogens is 1. The standard InChI is InChI=1S/C39H39NO/c1-24(2)29-15-11-16-30(25(3)4)36(29)27-19-20-40-35(21-27)34-23-28(39(5,6)7)22-33-32-18-12-17-31(37(32)41-38(33)34)26-13-9-8-10-14-26/h8-25H,1-7H3. The molecule has 2 aromatic heterocycles. The average molecular weight is 538 g/mol. The maximum atomic E-state index is 6.82. The first-order valence-electron chi connectivity index (χ1n) is 14.8. The van der Waals surface area contributed by atoms with Gasteiger partial charge in [-0.15, -0.1) is 0 Å². The molecule has 0 bridgehead atoms. The zero-order chi connectivity index (χ0) is 28.9. The van der Waals surface area contributed by atoms with Crippen LogP contribution >= 0.6 is 0 Å². The van der Waals surface area contributed by atoms with Gasteiger partial charge in [-0.2, -0.15) is 0 Å². The van der Waals surface area contributed by atoms with E-state index in [0.29, 0.717) is 11.8 Å². The molecule has 0 saturated heterocycles. The lowest BCUT2D eigenvalue weighted by Gasteiger charge is -2.21. The number of fused-ring (bicyclic) bond motifs is 3. The van der Waals surface area contributed by atoms with Crippen LogP contribution in [0.3, 0.4) is 0 Å². The van der Waals surface area contributed by atoms with Gasteiger partial charge in [0.05, 0.1) is 5.69 Å². The van der Waals surface area contributed by atoms with Gasteiger partial charge in [-0.25, -0.2) is 0 Å². The summed E-state index contributed by atoms with van der Waals surface area (Å²) in [5.41, 5.74) is 12.6. The van der Waals surface area contributed by atoms with E-state index in [4.69, 9.17) is 9.40 Å². The fourth-order valence-electron chi connectivity index (χ4n) is 5.99. The Balaban J connectivity index is 1.64. The van der Waals surface area contributed by atoms with Crippen molar-refractivity contribution in [2.24, 2.45) is 0 Å². The molecule has 0 radical (unpaired) electrons. The lowest BCUT2D eigenvalue weighted by atomic mass is 9.83. The molecule has 206 valence electrons. The zero-order valence-electron chi connectivity index (χ0n) is 25.2. The normalized spacial score (nSPS) is 12.2. The summed E-state index contributed by atoms with van der Waals surface area (Å²) < 4.78 is 6.82. The SMILES string of the molecule is CC(C)c1cccc(C(C)C)c1-c1ccnc(-c2cc(C(C)(C)C)cc3c2oc2c(-c4ccccc4)cccc23)c1. The van der Waals surface area contributed by atoms with E-state index in [1.165, 1.54) is 27.8 Å². The minimum absolute atomic E-state index is 0.0315. The lowest BCUT2D eigenvalue weighted by Crippen LogP contribution is -2.11. The Morgan fingerprint density at radius 3 is 1.93 bits per heavy atom. The first-order valence-corrected chi connectivity index (χ1v) is 14.8. The minimum atomic E-state index is -0.0315. The summed E-state index contributed by atoms with van der Waals surface area (Å²) in [6, 6.07) is 32.7. The molecule has 2 nitrogen and oxygen atoms in total. The van der Waals surface area contributed by atoms with Crippen LogP contribution in [0.5, 0.6) is 0 Å². The van der Waals surface area contributed by atoms with Gasteiger partial charge in [0.25, 0.3) is 0 Å². The maximum Gasteiger partial charge on any atom is 0.144 e. The third kappa shape index (κ3) is 4.86. The molecule has 0 atom stereocenters. The topological polar surface area (TPSA) is 26.0 Å². The number of rotatable bonds is 5. The molecule has 0 saturated carbocycles. The quantitative estimate of drug-likeness (QED) is 0.218. The lowest BCUT2D eigenvalue weighted by molar-refractivity contribution is 0.590. The second-order valence-corrected chi connectivity index (χ2v) is 12.9. The van der Waals surface area contributed by atoms with E-state index < -0.39 is 0 Å². The van der Waals surface area contributed by atoms with E-state index in [0.717, 1.165) is 44.3 Å². The van der Waals surface area contributed by atoms with Crippen LogP contribution in [-0.4, -0.2) is 4.98 Å². The maximum absolute atomic E-state index is 6.82. The van der Waals surface area contributed by atoms with Crippen LogP contribution in [0.4, 0.5) is 0 Å². The molecule has 4 aromatic carbocycles. The van der Waals surface area contributed by atoms with Gasteiger partial charge in [-0.3, -0.25) is 4.98 Å². The Morgan fingerprint density at radius 1 is 0.610 bits per heavy atom. The molecule has 6 rings (SSSR count). The predicted molar refractivity (Wildman–Crippen MR) is 175 cm³/mol.